The molecule has 0 aliphatic rings. The molecule has 0 atom stereocenters. The average Bonchev–Trinajstić information content (AvgIpc) is 2.79. The minimum absolute atomic E-state index is 0.758. The van der Waals surface area contributed by atoms with Crippen LogP contribution in [0.15, 0.2) is 17.6 Å². The van der Waals surface area contributed by atoms with Gasteiger partial charge in [0.15, 0.2) is 0 Å². The van der Waals surface area contributed by atoms with E-state index in [0.29, 0.717) is 0 Å². The van der Waals surface area contributed by atoms with Gasteiger partial charge in [-0.2, -0.15) is 11.8 Å². The van der Waals surface area contributed by atoms with Crippen LogP contribution in [0.2, 0.25) is 5.02 Å². The van der Waals surface area contributed by atoms with Crippen LogP contribution in [-0.2, 0) is 0 Å². The molecule has 1 heterocycles. The zero-order valence-electron chi connectivity index (χ0n) is 9.70. The molecule has 0 fully saturated rings. The summed E-state index contributed by atoms with van der Waals surface area (Å²) in [5.41, 5.74) is 3.84. The number of unbranched alkanes of at least 4 members (excludes halogenated alkanes) is 1. The molecule has 2 nitrogen and oxygen atoms in total. The molecule has 0 saturated carbocycles. The van der Waals surface area contributed by atoms with Crippen molar-refractivity contribution < 1.29 is 0 Å². The molecule has 0 radical (unpaired) electrons. The zero-order valence-corrected chi connectivity index (χ0v) is 12.1. The highest BCUT2D eigenvalue weighted by Gasteiger charge is 2.07. The van der Waals surface area contributed by atoms with Gasteiger partial charge in [-0.25, -0.2) is 4.98 Å². The third-order valence-electron chi connectivity index (χ3n) is 2.53. The van der Waals surface area contributed by atoms with Crippen LogP contribution < -0.4 is 5.32 Å². The number of anilines is 1. The monoisotopic (exact) mass is 286 g/mol. The number of hydrogen-bond acceptors (Lipinski definition) is 4. The summed E-state index contributed by atoms with van der Waals surface area (Å²) in [5.74, 6) is 1.22. The maximum absolute atomic E-state index is 6.20. The van der Waals surface area contributed by atoms with Crippen molar-refractivity contribution in [3.05, 3.63) is 22.7 Å². The highest BCUT2D eigenvalue weighted by molar-refractivity contribution is 7.98. The number of rotatable bonds is 6. The second kappa shape index (κ2) is 6.47. The SMILES string of the molecule is CSCCCCNc1c(Cl)ccc2scnc12. The molecule has 1 aromatic heterocycles. The lowest BCUT2D eigenvalue weighted by atomic mass is 10.2. The summed E-state index contributed by atoms with van der Waals surface area (Å²) < 4.78 is 1.18. The van der Waals surface area contributed by atoms with Gasteiger partial charge < -0.3 is 5.32 Å². The smallest absolute Gasteiger partial charge is 0.106 e. The molecule has 5 heteroatoms. The summed E-state index contributed by atoms with van der Waals surface area (Å²) in [5, 5.41) is 4.16. The van der Waals surface area contributed by atoms with Crippen molar-refractivity contribution in [2.24, 2.45) is 0 Å². The van der Waals surface area contributed by atoms with Crippen LogP contribution in [0.4, 0.5) is 5.69 Å². The van der Waals surface area contributed by atoms with E-state index in [2.05, 4.69) is 16.6 Å². The Morgan fingerprint density at radius 1 is 1.41 bits per heavy atom. The van der Waals surface area contributed by atoms with E-state index in [4.69, 9.17) is 11.6 Å². The molecular formula is C12H15ClN2S2. The van der Waals surface area contributed by atoms with Crippen molar-refractivity contribution >= 4 is 50.6 Å². The number of fused-ring (bicyclic) bond motifs is 1. The summed E-state index contributed by atoms with van der Waals surface area (Å²) in [6, 6.07) is 3.96. The second-order valence-electron chi connectivity index (χ2n) is 3.75. The van der Waals surface area contributed by atoms with Crippen LogP contribution in [0.3, 0.4) is 0 Å². The Kier molecular flexibility index (Phi) is 4.95. The van der Waals surface area contributed by atoms with Gasteiger partial charge >= 0.3 is 0 Å². The Labute approximate surface area is 115 Å². The van der Waals surface area contributed by atoms with Gasteiger partial charge in [0.05, 0.1) is 20.9 Å². The van der Waals surface area contributed by atoms with Crippen molar-refractivity contribution in [1.29, 1.82) is 0 Å². The lowest BCUT2D eigenvalue weighted by Gasteiger charge is -2.08. The number of thioether (sulfide) groups is 1. The number of nitrogens with one attached hydrogen (secondary N) is 1. The first-order valence-electron chi connectivity index (χ1n) is 5.57. The van der Waals surface area contributed by atoms with Gasteiger partial charge in [0, 0.05) is 6.54 Å². The van der Waals surface area contributed by atoms with Gasteiger partial charge in [0.1, 0.15) is 5.52 Å². The molecule has 0 aliphatic carbocycles. The molecule has 0 spiro atoms. The summed E-state index contributed by atoms with van der Waals surface area (Å²) in [4.78, 5) is 4.36. The van der Waals surface area contributed by atoms with Crippen molar-refractivity contribution in [2.45, 2.75) is 12.8 Å². The van der Waals surface area contributed by atoms with Crippen LogP contribution in [0.25, 0.3) is 10.2 Å². The van der Waals surface area contributed by atoms with Gasteiger partial charge in [-0.15, -0.1) is 11.3 Å². The number of aromatic nitrogens is 1. The fourth-order valence-corrected chi connectivity index (χ4v) is 3.06. The molecule has 1 N–H and O–H groups in total. The third kappa shape index (κ3) is 3.27. The quantitative estimate of drug-likeness (QED) is 0.791. The zero-order chi connectivity index (χ0) is 12.1. The number of nitrogens with zero attached hydrogens (tertiary/aromatic N) is 1. The summed E-state index contributed by atoms with van der Waals surface area (Å²) in [6.45, 7) is 0.955. The summed E-state index contributed by atoms with van der Waals surface area (Å²) in [7, 11) is 0. The topological polar surface area (TPSA) is 24.9 Å². The minimum atomic E-state index is 0.758. The van der Waals surface area contributed by atoms with Gasteiger partial charge in [0.2, 0.25) is 0 Å². The normalized spacial score (nSPS) is 10.9. The first kappa shape index (κ1) is 13.0. The molecule has 2 rings (SSSR count). The van der Waals surface area contributed by atoms with Crippen LogP contribution in [-0.4, -0.2) is 23.5 Å². The van der Waals surface area contributed by atoms with Gasteiger partial charge in [0.25, 0.3) is 0 Å². The van der Waals surface area contributed by atoms with Crippen LogP contribution >= 0.6 is 34.7 Å². The molecule has 0 amide bonds. The van der Waals surface area contributed by atoms with E-state index >= 15 is 0 Å². The number of hydrogen-bond donors (Lipinski definition) is 1. The maximum Gasteiger partial charge on any atom is 0.106 e. The summed E-state index contributed by atoms with van der Waals surface area (Å²) >= 11 is 9.73. The van der Waals surface area contributed by atoms with E-state index in [1.54, 1.807) is 11.3 Å². The van der Waals surface area contributed by atoms with E-state index < -0.39 is 0 Å². The predicted octanol–water partition coefficient (Wildman–Crippen LogP) is 4.50. The van der Waals surface area contributed by atoms with Crippen LogP contribution in [0.5, 0.6) is 0 Å². The number of halogens is 1. The molecular weight excluding hydrogens is 272 g/mol. The minimum Gasteiger partial charge on any atom is -0.382 e. The van der Waals surface area contributed by atoms with E-state index in [1.165, 1.54) is 16.9 Å². The van der Waals surface area contributed by atoms with Crippen molar-refractivity contribution in [3.8, 4) is 0 Å². The van der Waals surface area contributed by atoms with Crippen LogP contribution in [0.1, 0.15) is 12.8 Å². The Morgan fingerprint density at radius 2 is 2.29 bits per heavy atom. The van der Waals surface area contributed by atoms with Gasteiger partial charge in [-0.3, -0.25) is 0 Å². The Balaban J connectivity index is 2.02. The molecule has 1 aromatic carbocycles. The summed E-state index contributed by atoms with van der Waals surface area (Å²) in [6.07, 6.45) is 4.54. The lowest BCUT2D eigenvalue weighted by Crippen LogP contribution is -2.03. The van der Waals surface area contributed by atoms with E-state index in [0.717, 1.165) is 29.2 Å². The molecule has 0 aliphatic heterocycles. The Bertz CT molecular complexity index is 484. The fraction of sp³-hybridized carbons (Fsp3) is 0.417. The first-order valence-corrected chi connectivity index (χ1v) is 8.22. The van der Waals surface area contributed by atoms with E-state index in [9.17, 15) is 0 Å². The Morgan fingerprint density at radius 3 is 3.12 bits per heavy atom. The van der Waals surface area contributed by atoms with Gasteiger partial charge in [-0.1, -0.05) is 11.6 Å². The van der Waals surface area contributed by atoms with Gasteiger partial charge in [-0.05, 0) is 37.0 Å². The first-order chi connectivity index (χ1) is 8.33. The average molecular weight is 287 g/mol. The molecule has 0 bridgehead atoms. The highest BCUT2D eigenvalue weighted by Crippen LogP contribution is 2.32. The lowest BCUT2D eigenvalue weighted by molar-refractivity contribution is 0.844. The van der Waals surface area contributed by atoms with Crippen LogP contribution in [0, 0.1) is 0 Å². The predicted molar refractivity (Wildman–Crippen MR) is 80.7 cm³/mol. The highest BCUT2D eigenvalue weighted by atomic mass is 35.5. The van der Waals surface area contributed by atoms with E-state index in [-0.39, 0.29) is 0 Å². The number of benzene rings is 1. The molecule has 92 valence electrons. The van der Waals surface area contributed by atoms with Crippen molar-refractivity contribution in [1.82, 2.24) is 4.98 Å². The van der Waals surface area contributed by atoms with E-state index in [1.807, 2.05) is 29.4 Å². The molecule has 2 aromatic rings. The second-order valence-corrected chi connectivity index (χ2v) is 6.03. The standard InChI is InChI=1S/C12H15ClN2S2/c1-16-7-3-2-6-14-11-9(13)4-5-10-12(11)15-8-17-10/h4-5,8,14H,2-3,6-7H2,1H3. The third-order valence-corrected chi connectivity index (χ3v) is 4.33. The van der Waals surface area contributed by atoms with Crippen molar-refractivity contribution in [3.63, 3.8) is 0 Å². The number of thiazole rings is 1. The molecule has 0 unspecified atom stereocenters. The molecule has 0 saturated heterocycles. The van der Waals surface area contributed by atoms with Crippen molar-refractivity contribution in [2.75, 3.05) is 23.9 Å². The maximum atomic E-state index is 6.20. The molecule has 17 heavy (non-hydrogen) atoms. The Hall–Kier alpha value is -0.450. The largest absolute Gasteiger partial charge is 0.382 e. The fourth-order valence-electron chi connectivity index (χ4n) is 1.66.